The third-order valence-electron chi connectivity index (χ3n) is 3.67. The molecule has 2 unspecified atom stereocenters. The lowest BCUT2D eigenvalue weighted by molar-refractivity contribution is -0.189. The first-order valence-electron chi connectivity index (χ1n) is 7.40. The van der Waals surface area contributed by atoms with Crippen molar-refractivity contribution in [3.8, 4) is 0 Å². The Morgan fingerprint density at radius 2 is 1.90 bits per heavy atom. The lowest BCUT2D eigenvalue weighted by Gasteiger charge is -2.33. The summed E-state index contributed by atoms with van der Waals surface area (Å²) in [4.78, 5) is 11.7. The molecule has 1 aliphatic rings. The summed E-state index contributed by atoms with van der Waals surface area (Å²) in [5, 5.41) is 5.75. The van der Waals surface area contributed by atoms with E-state index >= 15 is 0 Å². The number of nitrogens with one attached hydrogen (secondary N) is 2. The molecule has 0 spiro atoms. The topological polar surface area (TPSA) is 41.1 Å². The average molecular weight is 294 g/mol. The van der Waals surface area contributed by atoms with Gasteiger partial charge in [-0.05, 0) is 25.8 Å². The van der Waals surface area contributed by atoms with Gasteiger partial charge in [0.25, 0.3) is 0 Å². The first-order chi connectivity index (χ1) is 9.30. The maximum atomic E-state index is 12.9. The second kappa shape index (κ2) is 7.86. The van der Waals surface area contributed by atoms with Crippen molar-refractivity contribution in [2.24, 2.45) is 5.92 Å². The molecule has 20 heavy (non-hydrogen) atoms. The van der Waals surface area contributed by atoms with Crippen LogP contribution in [0.5, 0.6) is 0 Å². The van der Waals surface area contributed by atoms with E-state index in [0.29, 0.717) is 31.8 Å². The average Bonchev–Trinajstić information content (AvgIpc) is 2.34. The maximum Gasteiger partial charge on any atom is 0.393 e. The van der Waals surface area contributed by atoms with Crippen LogP contribution in [0.15, 0.2) is 0 Å². The first kappa shape index (κ1) is 17.3. The zero-order chi connectivity index (χ0) is 15.2. The molecule has 0 heterocycles. The van der Waals surface area contributed by atoms with Gasteiger partial charge in [0.1, 0.15) is 0 Å². The zero-order valence-corrected chi connectivity index (χ0v) is 12.2. The molecule has 0 aromatic carbocycles. The molecule has 0 bridgehead atoms. The highest BCUT2D eigenvalue weighted by Crippen LogP contribution is 2.37. The molecule has 3 nitrogen and oxygen atoms in total. The van der Waals surface area contributed by atoms with Crippen LogP contribution < -0.4 is 10.6 Å². The SMILES string of the molecule is CC(C)NCCCC(=O)NC1CCCCC1C(F)(F)F. The van der Waals surface area contributed by atoms with Crippen molar-refractivity contribution in [2.45, 2.75) is 70.6 Å². The zero-order valence-electron chi connectivity index (χ0n) is 12.2. The van der Waals surface area contributed by atoms with Gasteiger partial charge in [-0.3, -0.25) is 4.79 Å². The van der Waals surface area contributed by atoms with Crippen LogP contribution in [-0.2, 0) is 4.79 Å². The van der Waals surface area contributed by atoms with Crippen LogP contribution in [0, 0.1) is 5.92 Å². The van der Waals surface area contributed by atoms with E-state index < -0.39 is 18.1 Å². The molecule has 0 aliphatic heterocycles. The highest BCUT2D eigenvalue weighted by atomic mass is 19.4. The number of hydrogen-bond donors (Lipinski definition) is 2. The molecule has 0 saturated heterocycles. The van der Waals surface area contributed by atoms with Crippen molar-refractivity contribution in [2.75, 3.05) is 6.54 Å². The molecule has 2 atom stereocenters. The molecular formula is C14H25F3N2O. The van der Waals surface area contributed by atoms with E-state index in [-0.39, 0.29) is 18.7 Å². The summed E-state index contributed by atoms with van der Waals surface area (Å²) in [6, 6.07) is -0.389. The Kier molecular flexibility index (Phi) is 6.79. The van der Waals surface area contributed by atoms with Crippen LogP contribution in [0.3, 0.4) is 0 Å². The summed E-state index contributed by atoms with van der Waals surface area (Å²) in [5.41, 5.74) is 0. The predicted molar refractivity (Wildman–Crippen MR) is 72.3 cm³/mol. The van der Waals surface area contributed by atoms with Crippen molar-refractivity contribution in [3.63, 3.8) is 0 Å². The smallest absolute Gasteiger partial charge is 0.353 e. The molecule has 1 amide bonds. The number of halogens is 3. The number of rotatable bonds is 6. The molecule has 6 heteroatoms. The summed E-state index contributed by atoms with van der Waals surface area (Å²) < 4.78 is 38.6. The lowest BCUT2D eigenvalue weighted by Crippen LogP contribution is -2.47. The Hall–Kier alpha value is -0.780. The molecule has 2 N–H and O–H groups in total. The van der Waals surface area contributed by atoms with Gasteiger partial charge in [0.15, 0.2) is 0 Å². The van der Waals surface area contributed by atoms with Gasteiger partial charge >= 0.3 is 6.18 Å². The minimum Gasteiger partial charge on any atom is -0.353 e. The fraction of sp³-hybridized carbons (Fsp3) is 0.929. The Morgan fingerprint density at radius 1 is 1.25 bits per heavy atom. The minimum atomic E-state index is -4.21. The maximum absolute atomic E-state index is 12.9. The van der Waals surface area contributed by atoms with E-state index in [2.05, 4.69) is 10.6 Å². The van der Waals surface area contributed by atoms with Gasteiger partial charge in [-0.2, -0.15) is 13.2 Å². The Labute approximate surface area is 118 Å². The first-order valence-corrected chi connectivity index (χ1v) is 7.40. The van der Waals surface area contributed by atoms with Crippen molar-refractivity contribution in [3.05, 3.63) is 0 Å². The molecule has 1 fully saturated rings. The minimum absolute atomic E-state index is 0.128. The summed E-state index contributed by atoms with van der Waals surface area (Å²) in [6.07, 6.45) is -1.38. The molecule has 0 radical (unpaired) electrons. The Bertz CT molecular complexity index is 305. The predicted octanol–water partition coefficient (Wildman–Crippen LogP) is 3.00. The van der Waals surface area contributed by atoms with Crippen LogP contribution in [0.25, 0.3) is 0 Å². The summed E-state index contributed by atoms with van der Waals surface area (Å²) >= 11 is 0. The number of alkyl halides is 3. The van der Waals surface area contributed by atoms with Crippen LogP contribution in [0.1, 0.15) is 52.4 Å². The van der Waals surface area contributed by atoms with E-state index in [9.17, 15) is 18.0 Å². The standard InChI is InChI=1S/C14H25F3N2O/c1-10(2)18-9-5-8-13(20)19-12-7-4-3-6-11(12)14(15,16)17/h10-12,18H,3-9H2,1-2H3,(H,19,20). The molecular weight excluding hydrogens is 269 g/mol. The molecule has 0 aromatic rings. The molecule has 118 valence electrons. The number of carbonyl (C=O) groups excluding carboxylic acids is 1. The van der Waals surface area contributed by atoms with Crippen molar-refractivity contribution < 1.29 is 18.0 Å². The number of carbonyl (C=O) groups is 1. The number of amides is 1. The molecule has 1 saturated carbocycles. The van der Waals surface area contributed by atoms with Crippen LogP contribution in [0.2, 0.25) is 0 Å². The summed E-state index contributed by atoms with van der Waals surface area (Å²) in [7, 11) is 0. The largest absolute Gasteiger partial charge is 0.393 e. The molecule has 1 rings (SSSR count). The van der Waals surface area contributed by atoms with E-state index in [1.807, 2.05) is 13.8 Å². The number of hydrogen-bond acceptors (Lipinski definition) is 2. The van der Waals surface area contributed by atoms with Crippen LogP contribution in [-0.4, -0.2) is 30.7 Å². The Morgan fingerprint density at radius 3 is 2.50 bits per heavy atom. The summed E-state index contributed by atoms with van der Waals surface area (Å²) in [5.74, 6) is -1.65. The van der Waals surface area contributed by atoms with Gasteiger partial charge in [0, 0.05) is 18.5 Å². The fourth-order valence-corrected chi connectivity index (χ4v) is 2.61. The van der Waals surface area contributed by atoms with Gasteiger partial charge in [0.05, 0.1) is 5.92 Å². The van der Waals surface area contributed by atoms with Crippen molar-refractivity contribution in [1.82, 2.24) is 10.6 Å². The van der Waals surface area contributed by atoms with E-state index in [1.54, 1.807) is 0 Å². The van der Waals surface area contributed by atoms with Gasteiger partial charge < -0.3 is 10.6 Å². The second-order valence-electron chi connectivity index (χ2n) is 5.82. The molecule has 0 aromatic heterocycles. The lowest BCUT2D eigenvalue weighted by atomic mass is 9.84. The van der Waals surface area contributed by atoms with E-state index in [0.717, 1.165) is 6.42 Å². The van der Waals surface area contributed by atoms with Crippen molar-refractivity contribution in [1.29, 1.82) is 0 Å². The summed E-state index contributed by atoms with van der Waals surface area (Å²) in [6.45, 7) is 4.73. The van der Waals surface area contributed by atoms with Gasteiger partial charge in [0.2, 0.25) is 5.91 Å². The fourth-order valence-electron chi connectivity index (χ4n) is 2.61. The normalized spacial score (nSPS) is 23.9. The quantitative estimate of drug-likeness (QED) is 0.739. The van der Waals surface area contributed by atoms with E-state index in [1.165, 1.54) is 0 Å². The highest BCUT2D eigenvalue weighted by Gasteiger charge is 2.45. The molecule has 1 aliphatic carbocycles. The third kappa shape index (κ3) is 6.11. The third-order valence-corrected chi connectivity index (χ3v) is 3.67. The van der Waals surface area contributed by atoms with Gasteiger partial charge in [-0.1, -0.05) is 26.7 Å². The van der Waals surface area contributed by atoms with Gasteiger partial charge in [-0.15, -0.1) is 0 Å². The van der Waals surface area contributed by atoms with Gasteiger partial charge in [-0.25, -0.2) is 0 Å². The van der Waals surface area contributed by atoms with Crippen LogP contribution in [0.4, 0.5) is 13.2 Å². The Balaban J connectivity index is 2.35. The monoisotopic (exact) mass is 294 g/mol. The van der Waals surface area contributed by atoms with Crippen molar-refractivity contribution >= 4 is 5.91 Å². The second-order valence-corrected chi connectivity index (χ2v) is 5.82. The van der Waals surface area contributed by atoms with E-state index in [4.69, 9.17) is 0 Å². The van der Waals surface area contributed by atoms with Crippen LogP contribution >= 0.6 is 0 Å². The highest BCUT2D eigenvalue weighted by molar-refractivity contribution is 5.76.